The van der Waals surface area contributed by atoms with Gasteiger partial charge in [-0.25, -0.2) is 0 Å². The number of benzene rings is 1. The first-order chi connectivity index (χ1) is 10.2. The predicted molar refractivity (Wildman–Crippen MR) is 90.2 cm³/mol. The van der Waals surface area contributed by atoms with E-state index in [-0.39, 0.29) is 0 Å². The van der Waals surface area contributed by atoms with Gasteiger partial charge in [0.1, 0.15) is 5.75 Å². The van der Waals surface area contributed by atoms with Crippen LogP contribution < -0.4 is 10.1 Å². The van der Waals surface area contributed by atoms with Gasteiger partial charge in [0, 0.05) is 18.8 Å². The van der Waals surface area contributed by atoms with Crippen LogP contribution in [0, 0.1) is 5.92 Å². The van der Waals surface area contributed by atoms with Gasteiger partial charge in [-0.2, -0.15) is 0 Å². The van der Waals surface area contributed by atoms with Crippen molar-refractivity contribution in [2.24, 2.45) is 5.92 Å². The Labute approximate surface area is 129 Å². The second kappa shape index (κ2) is 8.93. The molecule has 1 aromatic rings. The third-order valence-electron chi connectivity index (χ3n) is 4.02. The lowest BCUT2D eigenvalue weighted by atomic mass is 10.1. The van der Waals surface area contributed by atoms with E-state index in [9.17, 15) is 0 Å². The Bertz CT molecular complexity index is 383. The molecule has 0 atom stereocenters. The summed E-state index contributed by atoms with van der Waals surface area (Å²) in [4.78, 5) is 2.56. The van der Waals surface area contributed by atoms with Gasteiger partial charge in [0.05, 0.1) is 6.61 Å². The molecule has 0 saturated carbocycles. The van der Waals surface area contributed by atoms with Gasteiger partial charge < -0.3 is 15.0 Å². The van der Waals surface area contributed by atoms with Gasteiger partial charge in [0.25, 0.3) is 0 Å². The molecule has 0 unspecified atom stereocenters. The number of anilines is 1. The van der Waals surface area contributed by atoms with Crippen molar-refractivity contribution in [3.8, 4) is 5.75 Å². The van der Waals surface area contributed by atoms with Crippen LogP contribution in [0.2, 0.25) is 0 Å². The lowest BCUT2D eigenvalue weighted by Crippen LogP contribution is -2.33. The first kappa shape index (κ1) is 16.2. The first-order valence-corrected chi connectivity index (χ1v) is 8.43. The zero-order chi connectivity index (χ0) is 14.9. The Kier molecular flexibility index (Phi) is 6.87. The molecular weight excluding hydrogens is 260 g/mol. The Hall–Kier alpha value is -1.22. The van der Waals surface area contributed by atoms with Crippen molar-refractivity contribution < 1.29 is 4.74 Å². The molecule has 3 heteroatoms. The fourth-order valence-electron chi connectivity index (χ4n) is 2.62. The van der Waals surface area contributed by atoms with Gasteiger partial charge >= 0.3 is 0 Å². The van der Waals surface area contributed by atoms with Crippen molar-refractivity contribution in [3.05, 3.63) is 24.3 Å². The minimum Gasteiger partial charge on any atom is -0.494 e. The molecule has 3 nitrogen and oxygen atoms in total. The van der Waals surface area contributed by atoms with Crippen LogP contribution in [-0.2, 0) is 0 Å². The maximum absolute atomic E-state index is 5.74. The fourth-order valence-corrected chi connectivity index (χ4v) is 2.62. The molecule has 1 aliphatic heterocycles. The molecule has 1 saturated heterocycles. The first-order valence-electron chi connectivity index (χ1n) is 8.43. The SMILES string of the molecule is CC(C)CCOc1ccc(NCCN2CCCCC2)cc1. The molecule has 0 aromatic heterocycles. The van der Waals surface area contributed by atoms with Gasteiger partial charge in [0.2, 0.25) is 0 Å². The summed E-state index contributed by atoms with van der Waals surface area (Å²) in [6.45, 7) is 9.95. The quantitative estimate of drug-likeness (QED) is 0.783. The van der Waals surface area contributed by atoms with E-state index in [0.717, 1.165) is 31.9 Å². The van der Waals surface area contributed by atoms with Crippen molar-refractivity contribution in [3.63, 3.8) is 0 Å². The number of hydrogen-bond acceptors (Lipinski definition) is 3. The molecule has 1 fully saturated rings. The van der Waals surface area contributed by atoms with E-state index in [2.05, 4.69) is 48.3 Å². The van der Waals surface area contributed by atoms with E-state index >= 15 is 0 Å². The summed E-state index contributed by atoms with van der Waals surface area (Å²) in [5.41, 5.74) is 1.18. The molecule has 2 rings (SSSR count). The highest BCUT2D eigenvalue weighted by Gasteiger charge is 2.08. The molecule has 0 bridgehead atoms. The molecule has 1 aliphatic rings. The highest BCUT2D eigenvalue weighted by atomic mass is 16.5. The largest absolute Gasteiger partial charge is 0.494 e. The van der Waals surface area contributed by atoms with E-state index in [1.165, 1.54) is 38.0 Å². The van der Waals surface area contributed by atoms with Crippen LogP contribution in [0.3, 0.4) is 0 Å². The molecule has 1 aromatic carbocycles. The number of likely N-dealkylation sites (tertiary alicyclic amines) is 1. The third-order valence-corrected chi connectivity index (χ3v) is 4.02. The standard InChI is InChI=1S/C18H30N2O/c1-16(2)10-15-21-18-8-6-17(7-9-18)19-11-14-20-12-4-3-5-13-20/h6-9,16,19H,3-5,10-15H2,1-2H3. The average molecular weight is 290 g/mol. The summed E-state index contributed by atoms with van der Waals surface area (Å²) in [7, 11) is 0. The maximum Gasteiger partial charge on any atom is 0.119 e. The van der Waals surface area contributed by atoms with Gasteiger partial charge in [-0.3, -0.25) is 0 Å². The Balaban J connectivity index is 1.64. The second-order valence-corrected chi connectivity index (χ2v) is 6.38. The number of nitrogens with zero attached hydrogens (tertiary/aromatic N) is 1. The van der Waals surface area contributed by atoms with Crippen molar-refractivity contribution >= 4 is 5.69 Å². The summed E-state index contributed by atoms with van der Waals surface area (Å²) < 4.78 is 5.74. The molecular formula is C18H30N2O. The van der Waals surface area contributed by atoms with Crippen LogP contribution in [0.15, 0.2) is 24.3 Å². The van der Waals surface area contributed by atoms with Crippen LogP contribution in [0.1, 0.15) is 39.5 Å². The predicted octanol–water partition coefficient (Wildman–Crippen LogP) is 4.01. The average Bonchev–Trinajstić information content (AvgIpc) is 2.50. The minimum atomic E-state index is 0.695. The van der Waals surface area contributed by atoms with E-state index in [4.69, 9.17) is 4.74 Å². The molecule has 0 spiro atoms. The maximum atomic E-state index is 5.74. The zero-order valence-corrected chi connectivity index (χ0v) is 13.6. The van der Waals surface area contributed by atoms with Crippen molar-refractivity contribution in [2.75, 3.05) is 38.1 Å². The zero-order valence-electron chi connectivity index (χ0n) is 13.6. The number of nitrogens with one attached hydrogen (secondary N) is 1. The molecule has 0 radical (unpaired) electrons. The minimum absolute atomic E-state index is 0.695. The van der Waals surface area contributed by atoms with E-state index in [1.54, 1.807) is 0 Å². The van der Waals surface area contributed by atoms with Crippen LogP contribution >= 0.6 is 0 Å². The van der Waals surface area contributed by atoms with Crippen molar-refractivity contribution in [2.45, 2.75) is 39.5 Å². The second-order valence-electron chi connectivity index (χ2n) is 6.38. The highest BCUT2D eigenvalue weighted by Crippen LogP contribution is 2.16. The van der Waals surface area contributed by atoms with E-state index in [0.29, 0.717) is 5.92 Å². The normalized spacial score (nSPS) is 16.1. The Morgan fingerprint density at radius 3 is 2.48 bits per heavy atom. The summed E-state index contributed by atoms with van der Waals surface area (Å²) in [6.07, 6.45) is 5.24. The van der Waals surface area contributed by atoms with Crippen LogP contribution in [0.4, 0.5) is 5.69 Å². The van der Waals surface area contributed by atoms with Crippen LogP contribution in [0.25, 0.3) is 0 Å². The van der Waals surface area contributed by atoms with Crippen molar-refractivity contribution in [1.82, 2.24) is 4.90 Å². The van der Waals surface area contributed by atoms with E-state index in [1.807, 2.05) is 0 Å². The number of ether oxygens (including phenoxy) is 1. The van der Waals surface area contributed by atoms with Crippen LogP contribution in [0.5, 0.6) is 5.75 Å². The third kappa shape index (κ3) is 6.38. The Morgan fingerprint density at radius 2 is 1.81 bits per heavy atom. The topological polar surface area (TPSA) is 24.5 Å². The van der Waals surface area contributed by atoms with Gasteiger partial charge in [-0.1, -0.05) is 20.3 Å². The summed E-state index contributed by atoms with van der Waals surface area (Å²) in [5.74, 6) is 1.66. The Morgan fingerprint density at radius 1 is 1.10 bits per heavy atom. The smallest absolute Gasteiger partial charge is 0.119 e. The molecule has 118 valence electrons. The molecule has 0 aliphatic carbocycles. The summed E-state index contributed by atoms with van der Waals surface area (Å²) >= 11 is 0. The van der Waals surface area contributed by atoms with Gasteiger partial charge in [-0.05, 0) is 62.5 Å². The number of rotatable bonds is 8. The van der Waals surface area contributed by atoms with Crippen LogP contribution in [-0.4, -0.2) is 37.7 Å². The summed E-state index contributed by atoms with van der Waals surface area (Å²) in [5, 5.41) is 3.50. The van der Waals surface area contributed by atoms with Crippen molar-refractivity contribution in [1.29, 1.82) is 0 Å². The van der Waals surface area contributed by atoms with Gasteiger partial charge in [0.15, 0.2) is 0 Å². The van der Waals surface area contributed by atoms with Gasteiger partial charge in [-0.15, -0.1) is 0 Å². The lowest BCUT2D eigenvalue weighted by molar-refractivity contribution is 0.237. The highest BCUT2D eigenvalue weighted by molar-refractivity contribution is 5.46. The molecule has 1 heterocycles. The molecule has 1 N–H and O–H groups in total. The molecule has 0 amide bonds. The lowest BCUT2D eigenvalue weighted by Gasteiger charge is -2.26. The molecule has 21 heavy (non-hydrogen) atoms. The summed E-state index contributed by atoms with van der Waals surface area (Å²) in [6, 6.07) is 8.34. The number of piperidine rings is 1. The number of hydrogen-bond donors (Lipinski definition) is 1. The monoisotopic (exact) mass is 290 g/mol. The van der Waals surface area contributed by atoms with E-state index < -0.39 is 0 Å². The fraction of sp³-hybridized carbons (Fsp3) is 0.667.